The van der Waals surface area contributed by atoms with Gasteiger partial charge in [0.25, 0.3) is 0 Å². The third-order valence-corrected chi connectivity index (χ3v) is 6.13. The standard InChI is InChI=1S/C25H31N3/c1-3-27(4-2)19-20-14-16-28(17-15-20)25-18-24(21-10-6-5-7-11-21)26-23-13-9-8-12-22(23)25/h5-13,18,20H,3-4,14-17,19H2,1-2H3. The Bertz CT molecular complexity index is 894. The summed E-state index contributed by atoms with van der Waals surface area (Å²) in [5.74, 6) is 0.817. The summed E-state index contributed by atoms with van der Waals surface area (Å²) in [6.07, 6.45) is 2.54. The summed E-state index contributed by atoms with van der Waals surface area (Å²) < 4.78 is 0. The van der Waals surface area contributed by atoms with Gasteiger partial charge in [-0.2, -0.15) is 0 Å². The molecule has 3 aromatic rings. The number of aromatic nitrogens is 1. The van der Waals surface area contributed by atoms with Gasteiger partial charge in [0.2, 0.25) is 0 Å². The van der Waals surface area contributed by atoms with Gasteiger partial charge in [-0.3, -0.25) is 0 Å². The van der Waals surface area contributed by atoms with Crippen molar-refractivity contribution in [2.45, 2.75) is 26.7 Å². The van der Waals surface area contributed by atoms with E-state index in [1.807, 2.05) is 0 Å². The molecule has 0 spiro atoms. The maximum Gasteiger partial charge on any atom is 0.0730 e. The second kappa shape index (κ2) is 8.74. The molecule has 0 saturated carbocycles. The van der Waals surface area contributed by atoms with Crippen molar-refractivity contribution < 1.29 is 0 Å². The molecule has 28 heavy (non-hydrogen) atoms. The minimum Gasteiger partial charge on any atom is -0.371 e. The Morgan fingerprint density at radius 2 is 1.61 bits per heavy atom. The fourth-order valence-corrected chi connectivity index (χ4v) is 4.38. The fraction of sp³-hybridized carbons (Fsp3) is 0.400. The first-order chi connectivity index (χ1) is 13.8. The second-order valence-corrected chi connectivity index (χ2v) is 7.83. The summed E-state index contributed by atoms with van der Waals surface area (Å²) in [5.41, 5.74) is 4.68. The number of pyridine rings is 1. The lowest BCUT2D eigenvalue weighted by molar-refractivity contribution is 0.229. The molecule has 0 aliphatic carbocycles. The van der Waals surface area contributed by atoms with E-state index >= 15 is 0 Å². The quantitative estimate of drug-likeness (QED) is 0.572. The van der Waals surface area contributed by atoms with Crippen molar-refractivity contribution in [3.63, 3.8) is 0 Å². The fourth-order valence-electron chi connectivity index (χ4n) is 4.38. The minimum atomic E-state index is 0.817. The molecular formula is C25H31N3. The largest absolute Gasteiger partial charge is 0.371 e. The molecule has 0 radical (unpaired) electrons. The number of nitrogens with zero attached hydrogens (tertiary/aromatic N) is 3. The summed E-state index contributed by atoms with van der Waals surface area (Å²) >= 11 is 0. The molecule has 0 unspecified atom stereocenters. The van der Waals surface area contributed by atoms with Gasteiger partial charge >= 0.3 is 0 Å². The average Bonchev–Trinajstić information content (AvgIpc) is 2.78. The number of para-hydroxylation sites is 1. The molecule has 1 aromatic heterocycles. The Kier molecular flexibility index (Phi) is 5.92. The predicted molar refractivity (Wildman–Crippen MR) is 120 cm³/mol. The number of rotatable bonds is 6. The predicted octanol–water partition coefficient (Wildman–Crippen LogP) is 5.46. The van der Waals surface area contributed by atoms with E-state index in [1.165, 1.54) is 36.0 Å². The van der Waals surface area contributed by atoms with Crippen LogP contribution in [0.2, 0.25) is 0 Å². The summed E-state index contributed by atoms with van der Waals surface area (Å²) in [7, 11) is 0. The van der Waals surface area contributed by atoms with E-state index in [2.05, 4.69) is 84.3 Å². The van der Waals surface area contributed by atoms with Crippen molar-refractivity contribution in [1.29, 1.82) is 0 Å². The van der Waals surface area contributed by atoms with Gasteiger partial charge in [0.15, 0.2) is 0 Å². The van der Waals surface area contributed by atoms with E-state index in [4.69, 9.17) is 4.98 Å². The first-order valence-corrected chi connectivity index (χ1v) is 10.7. The highest BCUT2D eigenvalue weighted by Crippen LogP contribution is 2.33. The summed E-state index contributed by atoms with van der Waals surface area (Å²) in [5, 5.41) is 1.27. The molecule has 2 aromatic carbocycles. The van der Waals surface area contributed by atoms with Crippen LogP contribution in [0.5, 0.6) is 0 Å². The summed E-state index contributed by atoms with van der Waals surface area (Å²) in [6.45, 7) is 10.4. The van der Waals surface area contributed by atoms with E-state index in [9.17, 15) is 0 Å². The van der Waals surface area contributed by atoms with Crippen LogP contribution in [-0.4, -0.2) is 42.6 Å². The molecule has 2 heterocycles. The zero-order valence-corrected chi connectivity index (χ0v) is 17.1. The summed E-state index contributed by atoms with van der Waals surface area (Å²) in [6, 6.07) is 21.4. The zero-order chi connectivity index (χ0) is 19.3. The van der Waals surface area contributed by atoms with Gasteiger partial charge in [-0.1, -0.05) is 62.4 Å². The van der Waals surface area contributed by atoms with Crippen molar-refractivity contribution in [2.75, 3.05) is 37.6 Å². The van der Waals surface area contributed by atoms with E-state index < -0.39 is 0 Å². The van der Waals surface area contributed by atoms with Gasteiger partial charge in [-0.05, 0) is 44.0 Å². The first kappa shape index (κ1) is 18.9. The molecule has 3 heteroatoms. The molecule has 4 rings (SSSR count). The highest BCUT2D eigenvalue weighted by Gasteiger charge is 2.22. The molecule has 0 N–H and O–H groups in total. The zero-order valence-electron chi connectivity index (χ0n) is 17.1. The van der Waals surface area contributed by atoms with Crippen molar-refractivity contribution >= 4 is 16.6 Å². The number of fused-ring (bicyclic) bond motifs is 1. The van der Waals surface area contributed by atoms with E-state index in [0.717, 1.165) is 43.3 Å². The van der Waals surface area contributed by atoms with Gasteiger partial charge < -0.3 is 9.80 Å². The van der Waals surface area contributed by atoms with Crippen LogP contribution in [0, 0.1) is 5.92 Å². The lowest BCUT2D eigenvalue weighted by atomic mass is 9.95. The van der Waals surface area contributed by atoms with Crippen LogP contribution in [0.4, 0.5) is 5.69 Å². The molecule has 0 atom stereocenters. The number of piperidine rings is 1. The summed E-state index contributed by atoms with van der Waals surface area (Å²) in [4.78, 5) is 10.1. The second-order valence-electron chi connectivity index (χ2n) is 7.83. The Morgan fingerprint density at radius 1 is 0.929 bits per heavy atom. The molecule has 1 fully saturated rings. The molecule has 3 nitrogen and oxygen atoms in total. The molecular weight excluding hydrogens is 342 g/mol. The van der Waals surface area contributed by atoms with Crippen LogP contribution < -0.4 is 4.90 Å². The topological polar surface area (TPSA) is 19.4 Å². The van der Waals surface area contributed by atoms with Gasteiger partial charge in [0.05, 0.1) is 11.2 Å². The number of benzene rings is 2. The Hall–Kier alpha value is -2.39. The van der Waals surface area contributed by atoms with Gasteiger partial charge in [0, 0.05) is 36.3 Å². The highest BCUT2D eigenvalue weighted by molar-refractivity contribution is 5.94. The molecule has 146 valence electrons. The average molecular weight is 374 g/mol. The maximum absolute atomic E-state index is 4.94. The Balaban J connectivity index is 1.60. The molecule has 1 saturated heterocycles. The molecule has 0 bridgehead atoms. The highest BCUT2D eigenvalue weighted by atomic mass is 15.2. The Labute approximate surface area is 169 Å². The smallest absolute Gasteiger partial charge is 0.0730 e. The van der Waals surface area contributed by atoms with Gasteiger partial charge in [0.1, 0.15) is 0 Å². The van der Waals surface area contributed by atoms with Gasteiger partial charge in [-0.25, -0.2) is 4.98 Å². The van der Waals surface area contributed by atoms with Crippen LogP contribution in [-0.2, 0) is 0 Å². The van der Waals surface area contributed by atoms with E-state index in [-0.39, 0.29) is 0 Å². The van der Waals surface area contributed by atoms with Crippen LogP contribution in [0.25, 0.3) is 22.2 Å². The normalized spacial score (nSPS) is 15.5. The van der Waals surface area contributed by atoms with Crippen LogP contribution in [0.15, 0.2) is 60.7 Å². The van der Waals surface area contributed by atoms with E-state index in [0.29, 0.717) is 0 Å². The molecule has 1 aliphatic heterocycles. The lowest BCUT2D eigenvalue weighted by Crippen LogP contribution is -2.38. The third-order valence-electron chi connectivity index (χ3n) is 6.13. The van der Waals surface area contributed by atoms with Crippen LogP contribution >= 0.6 is 0 Å². The monoisotopic (exact) mass is 373 g/mol. The van der Waals surface area contributed by atoms with Crippen molar-refractivity contribution in [3.8, 4) is 11.3 Å². The first-order valence-electron chi connectivity index (χ1n) is 10.7. The van der Waals surface area contributed by atoms with Crippen molar-refractivity contribution in [2.24, 2.45) is 5.92 Å². The van der Waals surface area contributed by atoms with Crippen molar-refractivity contribution in [1.82, 2.24) is 9.88 Å². The lowest BCUT2D eigenvalue weighted by Gasteiger charge is -2.36. The Morgan fingerprint density at radius 3 is 2.32 bits per heavy atom. The number of hydrogen-bond donors (Lipinski definition) is 0. The minimum absolute atomic E-state index is 0.817. The SMILES string of the molecule is CCN(CC)CC1CCN(c2cc(-c3ccccc3)nc3ccccc23)CC1. The van der Waals surface area contributed by atoms with Crippen molar-refractivity contribution in [3.05, 3.63) is 60.7 Å². The van der Waals surface area contributed by atoms with E-state index in [1.54, 1.807) is 0 Å². The molecule has 0 amide bonds. The number of hydrogen-bond acceptors (Lipinski definition) is 3. The van der Waals surface area contributed by atoms with Crippen LogP contribution in [0.1, 0.15) is 26.7 Å². The maximum atomic E-state index is 4.94. The molecule has 1 aliphatic rings. The van der Waals surface area contributed by atoms with Crippen LogP contribution in [0.3, 0.4) is 0 Å². The van der Waals surface area contributed by atoms with Gasteiger partial charge in [-0.15, -0.1) is 0 Å². The third kappa shape index (κ3) is 4.05. The number of anilines is 1.